The molecule has 0 spiro atoms. The zero-order valence-electron chi connectivity index (χ0n) is 16.6. The molecule has 2 aromatic heterocycles. The highest BCUT2D eigenvalue weighted by atomic mass is 32.1. The van der Waals surface area contributed by atoms with Crippen LogP contribution in [0.15, 0.2) is 58.3 Å². The Labute approximate surface area is 184 Å². The molecule has 4 aromatic rings. The van der Waals surface area contributed by atoms with Gasteiger partial charge in [0.25, 0.3) is 0 Å². The van der Waals surface area contributed by atoms with E-state index in [-0.39, 0.29) is 12.2 Å². The highest BCUT2D eigenvalue weighted by Gasteiger charge is 2.30. The SMILES string of the molecule is Cc1c(C(=O)NNC(=O)Cc2csc(-c3ccc(C(F)(F)F)cc3)n2)oc2ccccc12. The number of alkyl halides is 3. The minimum atomic E-state index is -4.41. The summed E-state index contributed by atoms with van der Waals surface area (Å²) in [4.78, 5) is 28.8. The molecular formula is C22H16F3N3O3S. The van der Waals surface area contributed by atoms with Crippen LogP contribution in [0.1, 0.15) is 27.4 Å². The van der Waals surface area contributed by atoms with Crippen molar-refractivity contribution in [2.24, 2.45) is 0 Å². The molecule has 0 bridgehead atoms. The van der Waals surface area contributed by atoms with Crippen LogP contribution in [-0.4, -0.2) is 16.8 Å². The molecule has 164 valence electrons. The van der Waals surface area contributed by atoms with Gasteiger partial charge in [-0.15, -0.1) is 11.3 Å². The fraction of sp³-hybridized carbons (Fsp3) is 0.136. The normalized spacial score (nSPS) is 11.5. The van der Waals surface area contributed by atoms with Crippen LogP contribution in [0, 0.1) is 6.92 Å². The van der Waals surface area contributed by atoms with Crippen LogP contribution in [0.25, 0.3) is 21.5 Å². The van der Waals surface area contributed by atoms with Gasteiger partial charge in [-0.05, 0) is 25.1 Å². The number of hydrazine groups is 1. The van der Waals surface area contributed by atoms with Crippen molar-refractivity contribution < 1.29 is 27.2 Å². The van der Waals surface area contributed by atoms with E-state index in [2.05, 4.69) is 15.8 Å². The van der Waals surface area contributed by atoms with E-state index >= 15 is 0 Å². The average molecular weight is 459 g/mol. The Morgan fingerprint density at radius 2 is 1.78 bits per heavy atom. The standard InChI is InChI=1S/C22H16F3N3O3S/c1-12-16-4-2-3-5-17(16)31-19(12)20(30)28-27-18(29)10-15-11-32-21(26-15)13-6-8-14(9-7-13)22(23,24)25/h2-9,11H,10H2,1H3,(H,27,29)(H,28,30). The van der Waals surface area contributed by atoms with E-state index in [4.69, 9.17) is 4.42 Å². The molecule has 6 nitrogen and oxygen atoms in total. The van der Waals surface area contributed by atoms with Crippen molar-refractivity contribution in [1.29, 1.82) is 0 Å². The van der Waals surface area contributed by atoms with E-state index in [1.165, 1.54) is 23.5 Å². The summed E-state index contributed by atoms with van der Waals surface area (Å²) >= 11 is 1.21. The average Bonchev–Trinajstić information content (AvgIpc) is 3.36. The number of nitrogens with one attached hydrogen (secondary N) is 2. The van der Waals surface area contributed by atoms with Gasteiger partial charge in [-0.25, -0.2) is 4.98 Å². The first-order valence-electron chi connectivity index (χ1n) is 9.41. The van der Waals surface area contributed by atoms with Crippen molar-refractivity contribution in [1.82, 2.24) is 15.8 Å². The third kappa shape index (κ3) is 4.50. The van der Waals surface area contributed by atoms with E-state index in [1.54, 1.807) is 24.4 Å². The fourth-order valence-corrected chi connectivity index (χ4v) is 3.93. The number of aromatic nitrogens is 1. The molecule has 0 aliphatic rings. The zero-order valence-corrected chi connectivity index (χ0v) is 17.4. The van der Waals surface area contributed by atoms with Crippen LogP contribution in [-0.2, 0) is 17.4 Å². The number of carbonyl (C=O) groups excluding carboxylic acids is 2. The van der Waals surface area contributed by atoms with Crippen molar-refractivity contribution in [3.05, 3.63) is 76.5 Å². The van der Waals surface area contributed by atoms with Crippen LogP contribution >= 0.6 is 11.3 Å². The molecule has 0 saturated heterocycles. The number of hydrogen-bond donors (Lipinski definition) is 2. The number of fused-ring (bicyclic) bond motifs is 1. The van der Waals surface area contributed by atoms with Gasteiger partial charge in [0, 0.05) is 21.9 Å². The number of para-hydroxylation sites is 1. The van der Waals surface area contributed by atoms with Gasteiger partial charge in [0.05, 0.1) is 17.7 Å². The summed E-state index contributed by atoms with van der Waals surface area (Å²) in [6.07, 6.45) is -4.52. The Kier molecular flexibility index (Phi) is 5.70. The molecule has 0 aliphatic carbocycles. The molecule has 32 heavy (non-hydrogen) atoms. The summed E-state index contributed by atoms with van der Waals surface area (Å²) in [7, 11) is 0. The second-order valence-electron chi connectivity index (χ2n) is 6.95. The Morgan fingerprint density at radius 1 is 1.06 bits per heavy atom. The van der Waals surface area contributed by atoms with E-state index in [1.807, 2.05) is 12.1 Å². The summed E-state index contributed by atoms with van der Waals surface area (Å²) in [5, 5.41) is 2.93. The third-order valence-corrected chi connectivity index (χ3v) is 5.66. The molecule has 2 amide bonds. The molecule has 10 heteroatoms. The Morgan fingerprint density at radius 3 is 2.47 bits per heavy atom. The number of aryl methyl sites for hydroxylation is 1. The number of amides is 2. The summed E-state index contributed by atoms with van der Waals surface area (Å²) < 4.78 is 43.6. The van der Waals surface area contributed by atoms with Gasteiger partial charge in [0.15, 0.2) is 5.76 Å². The Bertz CT molecular complexity index is 1290. The number of benzene rings is 2. The minimum Gasteiger partial charge on any atom is -0.451 e. The molecule has 0 fully saturated rings. The lowest BCUT2D eigenvalue weighted by Crippen LogP contribution is -2.42. The van der Waals surface area contributed by atoms with Gasteiger partial charge in [-0.1, -0.05) is 30.3 Å². The quantitative estimate of drug-likeness (QED) is 0.426. The van der Waals surface area contributed by atoms with Crippen molar-refractivity contribution in [2.75, 3.05) is 0 Å². The molecule has 0 saturated carbocycles. The summed E-state index contributed by atoms with van der Waals surface area (Å²) in [6.45, 7) is 1.75. The van der Waals surface area contributed by atoms with E-state index in [0.717, 1.165) is 17.5 Å². The Hall–Kier alpha value is -3.66. The van der Waals surface area contributed by atoms with Crippen LogP contribution in [0.4, 0.5) is 13.2 Å². The fourth-order valence-electron chi connectivity index (χ4n) is 3.11. The second kappa shape index (κ2) is 8.46. The molecule has 2 N–H and O–H groups in total. The highest BCUT2D eigenvalue weighted by molar-refractivity contribution is 7.13. The minimum absolute atomic E-state index is 0.102. The molecule has 0 atom stereocenters. The summed E-state index contributed by atoms with van der Waals surface area (Å²) in [6, 6.07) is 11.8. The first kappa shape index (κ1) is 21.6. The van der Waals surface area contributed by atoms with Crippen molar-refractivity contribution >= 4 is 34.1 Å². The van der Waals surface area contributed by atoms with E-state index < -0.39 is 23.6 Å². The molecule has 4 rings (SSSR count). The third-order valence-electron chi connectivity index (χ3n) is 4.72. The molecule has 2 heterocycles. The lowest BCUT2D eigenvalue weighted by Gasteiger charge is -2.06. The largest absolute Gasteiger partial charge is 0.451 e. The first-order valence-corrected chi connectivity index (χ1v) is 10.3. The van der Waals surface area contributed by atoms with Crippen LogP contribution in [0.5, 0.6) is 0 Å². The zero-order chi connectivity index (χ0) is 22.9. The van der Waals surface area contributed by atoms with Crippen LogP contribution < -0.4 is 10.9 Å². The predicted octanol–water partition coefficient (Wildman–Crippen LogP) is 4.89. The lowest BCUT2D eigenvalue weighted by molar-refractivity contribution is -0.137. The van der Waals surface area contributed by atoms with Crippen LogP contribution in [0.2, 0.25) is 0 Å². The van der Waals surface area contributed by atoms with Gasteiger partial charge in [-0.3, -0.25) is 20.4 Å². The molecule has 0 aliphatic heterocycles. The number of halogens is 3. The monoisotopic (exact) mass is 459 g/mol. The maximum Gasteiger partial charge on any atom is 0.416 e. The van der Waals surface area contributed by atoms with Gasteiger partial charge >= 0.3 is 12.1 Å². The number of nitrogens with zero attached hydrogens (tertiary/aromatic N) is 1. The van der Waals surface area contributed by atoms with Gasteiger partial charge in [-0.2, -0.15) is 13.2 Å². The molecule has 2 aromatic carbocycles. The second-order valence-corrected chi connectivity index (χ2v) is 7.81. The summed E-state index contributed by atoms with van der Waals surface area (Å²) in [5.41, 5.74) is 6.06. The van der Waals surface area contributed by atoms with Crippen LogP contribution in [0.3, 0.4) is 0 Å². The number of hydrogen-bond acceptors (Lipinski definition) is 5. The van der Waals surface area contributed by atoms with Crippen molar-refractivity contribution in [3.63, 3.8) is 0 Å². The number of carbonyl (C=O) groups is 2. The molecular weight excluding hydrogens is 443 g/mol. The van der Waals surface area contributed by atoms with Gasteiger partial charge < -0.3 is 4.42 Å². The van der Waals surface area contributed by atoms with Crippen molar-refractivity contribution in [3.8, 4) is 10.6 Å². The summed E-state index contributed by atoms with van der Waals surface area (Å²) in [5.74, 6) is -0.989. The topological polar surface area (TPSA) is 84.2 Å². The first-order chi connectivity index (χ1) is 15.2. The smallest absolute Gasteiger partial charge is 0.416 e. The number of thiazole rings is 1. The Balaban J connectivity index is 1.36. The maximum absolute atomic E-state index is 12.7. The number of furan rings is 1. The molecule has 0 radical (unpaired) electrons. The number of rotatable bonds is 4. The van der Waals surface area contributed by atoms with Gasteiger partial charge in [0.1, 0.15) is 10.6 Å². The van der Waals surface area contributed by atoms with E-state index in [9.17, 15) is 22.8 Å². The van der Waals surface area contributed by atoms with E-state index in [0.29, 0.717) is 27.4 Å². The van der Waals surface area contributed by atoms with Gasteiger partial charge in [0.2, 0.25) is 5.91 Å². The highest BCUT2D eigenvalue weighted by Crippen LogP contribution is 2.32. The lowest BCUT2D eigenvalue weighted by atomic mass is 10.1. The maximum atomic E-state index is 12.7. The van der Waals surface area contributed by atoms with Crippen molar-refractivity contribution in [2.45, 2.75) is 19.5 Å². The molecule has 0 unspecified atom stereocenters. The predicted molar refractivity (Wildman–Crippen MR) is 113 cm³/mol.